The number of benzene rings is 2. The zero-order chi connectivity index (χ0) is 26.7. The van der Waals surface area contributed by atoms with Crippen LogP contribution in [0.4, 0.5) is 35.4 Å². The normalized spacial score (nSPS) is 15.6. The van der Waals surface area contributed by atoms with Crippen LogP contribution in [-0.4, -0.2) is 60.1 Å². The highest BCUT2D eigenvalue weighted by atomic mass is 35.5. The van der Waals surface area contributed by atoms with Gasteiger partial charge in [0.15, 0.2) is 5.69 Å². The van der Waals surface area contributed by atoms with Crippen LogP contribution in [0, 0.1) is 0 Å². The third kappa shape index (κ3) is 6.04. The number of imide groups is 1. The molecule has 1 aromatic heterocycles. The maximum absolute atomic E-state index is 13.5. The van der Waals surface area contributed by atoms with E-state index in [9.17, 15) is 22.8 Å². The zero-order valence-corrected chi connectivity index (χ0v) is 20.7. The van der Waals surface area contributed by atoms with Crippen molar-refractivity contribution < 1.29 is 37.1 Å². The molecule has 0 radical (unpaired) electrons. The van der Waals surface area contributed by atoms with E-state index in [1.54, 1.807) is 35.9 Å². The molecule has 13 heteroatoms. The number of alkyl halides is 3. The number of anilines is 2. The summed E-state index contributed by atoms with van der Waals surface area (Å²) in [6, 6.07) is 11.7. The molecule has 9 nitrogen and oxygen atoms in total. The summed E-state index contributed by atoms with van der Waals surface area (Å²) in [5, 5.41) is 3.51. The number of amides is 3. The number of imidazole rings is 1. The Labute approximate surface area is 215 Å². The quantitative estimate of drug-likeness (QED) is 0.401. The highest BCUT2D eigenvalue weighted by molar-refractivity contribution is 6.30. The molecule has 0 saturated carbocycles. The van der Waals surface area contributed by atoms with Gasteiger partial charge in [0, 0.05) is 37.0 Å². The van der Waals surface area contributed by atoms with Crippen LogP contribution >= 0.6 is 11.6 Å². The van der Waals surface area contributed by atoms with Crippen molar-refractivity contribution in [3.63, 3.8) is 0 Å². The molecule has 0 fully saturated rings. The van der Waals surface area contributed by atoms with E-state index >= 15 is 0 Å². The third-order valence-corrected chi connectivity index (χ3v) is 5.90. The summed E-state index contributed by atoms with van der Waals surface area (Å²) >= 11 is 6.01. The van der Waals surface area contributed by atoms with Gasteiger partial charge in [-0.3, -0.25) is 9.36 Å². The molecular formula is C24H24ClF3N5O4+. The molecule has 2 heterocycles. The lowest BCUT2D eigenvalue weighted by molar-refractivity contribution is -0.726. The lowest BCUT2D eigenvalue weighted by Crippen LogP contribution is -3.10. The Hall–Kier alpha value is -3.61. The van der Waals surface area contributed by atoms with Crippen LogP contribution in [0.2, 0.25) is 5.02 Å². The smallest absolute Gasteiger partial charge is 0.406 e. The minimum absolute atomic E-state index is 0.161. The second kappa shape index (κ2) is 10.8. The number of halogens is 4. The number of carbonyl (C=O) groups is 2. The fourth-order valence-corrected chi connectivity index (χ4v) is 4.07. The topological polar surface area (TPSA) is 90.1 Å². The SMILES string of the molecule is COCCCN1C(=O)c2c(nc(Nc3cccc(OC(F)(F)F)c3)n2Cc2ccc(Cl)cc2)[NH+](C)C1=O. The minimum Gasteiger partial charge on any atom is -0.406 e. The molecule has 37 heavy (non-hydrogen) atoms. The fraction of sp³-hybridized carbons (Fsp3) is 0.292. The van der Waals surface area contributed by atoms with Crippen LogP contribution in [0.1, 0.15) is 22.5 Å². The van der Waals surface area contributed by atoms with Gasteiger partial charge in [-0.1, -0.05) is 29.8 Å². The molecule has 196 valence electrons. The Morgan fingerprint density at radius 1 is 1.14 bits per heavy atom. The molecule has 2 aromatic carbocycles. The average molecular weight is 539 g/mol. The number of hydrogen-bond donors (Lipinski definition) is 2. The number of methoxy groups -OCH3 is 1. The third-order valence-electron chi connectivity index (χ3n) is 5.64. The van der Waals surface area contributed by atoms with Crippen LogP contribution in [-0.2, 0) is 11.3 Å². The number of rotatable bonds is 9. The Balaban J connectivity index is 1.75. The average Bonchev–Trinajstić information content (AvgIpc) is 3.18. The van der Waals surface area contributed by atoms with Gasteiger partial charge >= 0.3 is 12.4 Å². The van der Waals surface area contributed by atoms with Crippen LogP contribution in [0.3, 0.4) is 0 Å². The number of carbonyl (C=O) groups excluding carboxylic acids is 2. The number of nitrogens with zero attached hydrogens (tertiary/aromatic N) is 3. The summed E-state index contributed by atoms with van der Waals surface area (Å²) in [6.07, 6.45) is -4.39. The highest BCUT2D eigenvalue weighted by Gasteiger charge is 2.44. The van der Waals surface area contributed by atoms with Crippen molar-refractivity contribution in [2.24, 2.45) is 0 Å². The molecule has 4 rings (SSSR count). The molecule has 1 aliphatic heterocycles. The van der Waals surface area contributed by atoms with E-state index < -0.39 is 24.1 Å². The number of urea groups is 1. The maximum Gasteiger partial charge on any atom is 0.573 e. The largest absolute Gasteiger partial charge is 0.573 e. The van der Waals surface area contributed by atoms with Gasteiger partial charge in [0.1, 0.15) is 5.75 Å². The lowest BCUT2D eigenvalue weighted by atomic mass is 10.2. The van der Waals surface area contributed by atoms with Crippen LogP contribution in [0.15, 0.2) is 48.5 Å². The number of quaternary nitrogens is 1. The number of aromatic nitrogens is 2. The van der Waals surface area contributed by atoms with Gasteiger partial charge in [0.05, 0.1) is 13.6 Å². The second-order valence-electron chi connectivity index (χ2n) is 8.28. The number of hydrogen-bond acceptors (Lipinski definition) is 6. The molecule has 0 saturated heterocycles. The molecule has 1 unspecified atom stereocenters. The van der Waals surface area contributed by atoms with E-state index in [0.717, 1.165) is 16.5 Å². The summed E-state index contributed by atoms with van der Waals surface area (Å²) in [4.78, 5) is 32.4. The van der Waals surface area contributed by atoms with Crippen molar-refractivity contribution in [2.75, 3.05) is 32.6 Å². The first-order valence-electron chi connectivity index (χ1n) is 11.2. The minimum atomic E-state index is -4.85. The molecular weight excluding hydrogens is 515 g/mol. The summed E-state index contributed by atoms with van der Waals surface area (Å²) in [6.45, 7) is 0.712. The lowest BCUT2D eigenvalue weighted by Gasteiger charge is -2.26. The Morgan fingerprint density at radius 3 is 2.54 bits per heavy atom. The molecule has 0 aliphatic carbocycles. The first-order valence-corrected chi connectivity index (χ1v) is 11.6. The van der Waals surface area contributed by atoms with Crippen LogP contribution in [0.25, 0.3) is 0 Å². The van der Waals surface area contributed by atoms with Crippen LogP contribution < -0.4 is 15.0 Å². The van der Waals surface area contributed by atoms with E-state index in [-0.39, 0.29) is 41.1 Å². The van der Waals surface area contributed by atoms with Gasteiger partial charge in [0.2, 0.25) is 5.95 Å². The Morgan fingerprint density at radius 2 is 1.86 bits per heavy atom. The van der Waals surface area contributed by atoms with E-state index in [2.05, 4.69) is 15.0 Å². The fourth-order valence-electron chi connectivity index (χ4n) is 3.95. The van der Waals surface area contributed by atoms with Crippen molar-refractivity contribution in [2.45, 2.75) is 19.3 Å². The molecule has 3 amide bonds. The van der Waals surface area contributed by atoms with Crippen LogP contribution in [0.5, 0.6) is 5.75 Å². The number of ether oxygens (including phenoxy) is 2. The monoisotopic (exact) mass is 538 g/mol. The van der Waals surface area contributed by atoms with E-state index in [1.165, 1.54) is 25.3 Å². The first kappa shape index (κ1) is 26.5. The molecule has 1 aliphatic rings. The van der Waals surface area contributed by atoms with E-state index in [0.29, 0.717) is 18.1 Å². The summed E-state index contributed by atoms with van der Waals surface area (Å²) in [5.74, 6) is -0.567. The predicted molar refractivity (Wildman–Crippen MR) is 129 cm³/mol. The zero-order valence-electron chi connectivity index (χ0n) is 19.9. The van der Waals surface area contributed by atoms with Gasteiger partial charge in [-0.15, -0.1) is 13.2 Å². The summed E-state index contributed by atoms with van der Waals surface area (Å²) in [7, 11) is 3.11. The summed E-state index contributed by atoms with van der Waals surface area (Å²) in [5.41, 5.74) is 1.22. The van der Waals surface area contributed by atoms with Crippen molar-refractivity contribution in [1.29, 1.82) is 0 Å². The van der Waals surface area contributed by atoms with Gasteiger partial charge < -0.3 is 14.8 Å². The molecule has 3 aromatic rings. The van der Waals surface area contributed by atoms with E-state index in [1.807, 2.05) is 0 Å². The second-order valence-corrected chi connectivity index (χ2v) is 8.72. The number of fused-ring (bicyclic) bond motifs is 1. The van der Waals surface area contributed by atoms with Gasteiger partial charge in [-0.05, 0) is 36.2 Å². The first-order chi connectivity index (χ1) is 17.6. The number of nitrogens with one attached hydrogen (secondary N) is 2. The van der Waals surface area contributed by atoms with Crippen molar-refractivity contribution in [3.05, 3.63) is 64.8 Å². The van der Waals surface area contributed by atoms with Gasteiger partial charge in [-0.2, -0.15) is 4.98 Å². The maximum atomic E-state index is 13.5. The van der Waals surface area contributed by atoms with Gasteiger partial charge in [0.25, 0.3) is 11.7 Å². The molecule has 0 spiro atoms. The van der Waals surface area contributed by atoms with Crippen molar-refractivity contribution in [3.8, 4) is 5.75 Å². The van der Waals surface area contributed by atoms with Crippen molar-refractivity contribution >= 4 is 41.0 Å². The predicted octanol–water partition coefficient (Wildman–Crippen LogP) is 3.99. The molecule has 2 N–H and O–H groups in total. The molecule has 0 bridgehead atoms. The Bertz CT molecular complexity index is 1300. The van der Waals surface area contributed by atoms with Gasteiger partial charge in [-0.25, -0.2) is 14.6 Å². The summed E-state index contributed by atoms with van der Waals surface area (Å²) < 4.78 is 48.8. The van der Waals surface area contributed by atoms with Crippen molar-refractivity contribution in [1.82, 2.24) is 14.5 Å². The molecule has 1 atom stereocenters. The Kier molecular flexibility index (Phi) is 7.71. The van der Waals surface area contributed by atoms with E-state index in [4.69, 9.17) is 16.3 Å². The standard InChI is InChI=1S/C24H23ClF3N5O4/c1-31-20-19(21(34)32(23(31)35)11-4-12-36-2)33(14-15-7-9-16(25)10-8-15)22(30-20)29-17-5-3-6-18(13-17)37-24(26,27)28/h3,5-10,13H,4,11-12,14H2,1-2H3,(H,29,30)/p+1. The highest BCUT2D eigenvalue weighted by Crippen LogP contribution is 2.30.